The molecule has 0 aromatic carbocycles. The van der Waals surface area contributed by atoms with Crippen LogP contribution in [0.5, 0.6) is 0 Å². The molecule has 0 aliphatic heterocycles. The van der Waals surface area contributed by atoms with Gasteiger partial charge in [0.05, 0.1) is 18.1 Å². The Kier molecular flexibility index (Phi) is 12.1. The normalized spacial score (nSPS) is 11.3. The fourth-order valence-electron chi connectivity index (χ4n) is 3.25. The van der Waals surface area contributed by atoms with Gasteiger partial charge in [-0.3, -0.25) is 14.0 Å². The van der Waals surface area contributed by atoms with E-state index >= 15 is 0 Å². The molecular formula is C27H52N6. The summed E-state index contributed by atoms with van der Waals surface area (Å²) in [5, 5.41) is 12.6. The molecule has 0 aliphatic carbocycles. The van der Waals surface area contributed by atoms with E-state index in [-0.39, 0.29) is 31.1 Å². The Balaban J connectivity index is 0. The van der Waals surface area contributed by atoms with Crippen LogP contribution in [-0.2, 0) is 37.4 Å². The Morgan fingerprint density at radius 1 is 0.697 bits per heavy atom. The summed E-state index contributed by atoms with van der Waals surface area (Å²) in [6.45, 7) is 21.8. The van der Waals surface area contributed by atoms with Crippen LogP contribution in [0.25, 0.3) is 0 Å². The first-order valence-corrected chi connectivity index (χ1v) is 10.9. The molecule has 0 aliphatic rings. The molecule has 6 heteroatoms. The van der Waals surface area contributed by atoms with Gasteiger partial charge in [-0.05, 0) is 29.5 Å². The molecule has 0 saturated heterocycles. The van der Waals surface area contributed by atoms with Gasteiger partial charge in [-0.25, -0.2) is 0 Å². The molecule has 0 unspecified atom stereocenters. The van der Waals surface area contributed by atoms with Crippen molar-refractivity contribution in [3.63, 3.8) is 0 Å². The summed E-state index contributed by atoms with van der Waals surface area (Å²) < 4.78 is 5.62. The number of hydrogen-bond acceptors (Lipinski definition) is 3. The zero-order chi connectivity index (χ0) is 24.2. The maximum absolute atomic E-state index is 4.30. The van der Waals surface area contributed by atoms with Crippen molar-refractivity contribution in [2.45, 2.75) is 100 Å². The van der Waals surface area contributed by atoms with Crippen molar-refractivity contribution in [1.82, 2.24) is 29.3 Å². The SMILES string of the molecule is C.C.Cc1cnn(C)c1C(C)(C)C.Cn1cc(C(C)(C)C)cn1.Cn1ccc(C(C)(C)C)n1. The van der Waals surface area contributed by atoms with Gasteiger partial charge in [0, 0.05) is 50.1 Å². The van der Waals surface area contributed by atoms with Crippen molar-refractivity contribution >= 4 is 0 Å². The first-order valence-electron chi connectivity index (χ1n) is 10.9. The van der Waals surface area contributed by atoms with Gasteiger partial charge in [-0.2, -0.15) is 15.3 Å². The minimum atomic E-state index is 0. The predicted octanol–water partition coefficient (Wildman–Crippen LogP) is 6.73. The topological polar surface area (TPSA) is 53.5 Å². The molecule has 190 valence electrons. The average molecular weight is 461 g/mol. The van der Waals surface area contributed by atoms with Crippen molar-refractivity contribution in [2.75, 3.05) is 0 Å². The van der Waals surface area contributed by atoms with Crippen molar-refractivity contribution in [1.29, 1.82) is 0 Å². The standard InChI is InChI=1S/C9H16N2.2C8H14N2.2CH4/c1-7-6-10-11(5)8(7)9(2,3)4;1-8(2,3)7-5-9-10(4)6-7;1-8(2,3)7-5-6-10(4)9-7;;/h6H,1-5H3;2*5-6H,1-4H3;2*1H4. The molecule has 0 spiro atoms. The van der Waals surface area contributed by atoms with Crippen LogP contribution in [0.3, 0.4) is 0 Å². The minimum absolute atomic E-state index is 0. The number of aryl methyl sites for hydroxylation is 4. The number of aromatic nitrogens is 6. The Labute approximate surface area is 204 Å². The van der Waals surface area contributed by atoms with Gasteiger partial charge in [-0.15, -0.1) is 0 Å². The second-order valence-electron chi connectivity index (χ2n) is 11.3. The lowest BCUT2D eigenvalue weighted by Crippen LogP contribution is -2.17. The molecule has 0 bridgehead atoms. The Morgan fingerprint density at radius 2 is 1.24 bits per heavy atom. The highest BCUT2D eigenvalue weighted by Gasteiger charge is 2.20. The molecule has 3 aromatic heterocycles. The smallest absolute Gasteiger partial charge is 0.0677 e. The lowest BCUT2D eigenvalue weighted by atomic mass is 9.90. The van der Waals surface area contributed by atoms with Crippen LogP contribution in [0.2, 0.25) is 0 Å². The zero-order valence-corrected chi connectivity index (χ0v) is 22.1. The third-order valence-corrected chi connectivity index (χ3v) is 4.89. The molecule has 0 fully saturated rings. The van der Waals surface area contributed by atoms with Gasteiger partial charge in [0.2, 0.25) is 0 Å². The van der Waals surface area contributed by atoms with E-state index in [1.54, 1.807) is 0 Å². The van der Waals surface area contributed by atoms with Gasteiger partial charge in [-0.1, -0.05) is 77.2 Å². The largest absolute Gasteiger partial charge is 0.276 e. The van der Waals surface area contributed by atoms with E-state index in [2.05, 4.69) is 96.8 Å². The fourth-order valence-corrected chi connectivity index (χ4v) is 3.25. The Bertz CT molecular complexity index is 867. The van der Waals surface area contributed by atoms with Crippen LogP contribution >= 0.6 is 0 Å². The highest BCUT2D eigenvalue weighted by Crippen LogP contribution is 2.24. The van der Waals surface area contributed by atoms with Crippen molar-refractivity contribution in [2.24, 2.45) is 21.1 Å². The van der Waals surface area contributed by atoms with Crippen LogP contribution < -0.4 is 0 Å². The monoisotopic (exact) mass is 460 g/mol. The molecular weight excluding hydrogens is 408 g/mol. The van der Waals surface area contributed by atoms with E-state index in [9.17, 15) is 0 Å². The van der Waals surface area contributed by atoms with Crippen LogP contribution in [0.15, 0.2) is 30.9 Å². The Hall–Kier alpha value is -2.37. The fraction of sp³-hybridized carbons (Fsp3) is 0.667. The lowest BCUT2D eigenvalue weighted by molar-refractivity contribution is 0.520. The van der Waals surface area contributed by atoms with Crippen molar-refractivity contribution < 1.29 is 0 Å². The Morgan fingerprint density at radius 3 is 1.42 bits per heavy atom. The second kappa shape index (κ2) is 12.2. The van der Waals surface area contributed by atoms with Crippen molar-refractivity contribution in [3.05, 3.63) is 53.4 Å². The van der Waals surface area contributed by atoms with Gasteiger partial charge >= 0.3 is 0 Å². The van der Waals surface area contributed by atoms with E-state index in [1.165, 1.54) is 16.8 Å². The molecule has 3 aromatic rings. The highest BCUT2D eigenvalue weighted by atomic mass is 15.3. The summed E-state index contributed by atoms with van der Waals surface area (Å²) in [7, 11) is 5.87. The third kappa shape index (κ3) is 10.4. The molecule has 0 atom stereocenters. The maximum atomic E-state index is 4.30. The summed E-state index contributed by atoms with van der Waals surface area (Å²) >= 11 is 0. The van der Waals surface area contributed by atoms with Gasteiger partial charge in [0.1, 0.15) is 0 Å². The summed E-state index contributed by atoms with van der Waals surface area (Å²) in [4.78, 5) is 0. The molecule has 0 radical (unpaired) electrons. The zero-order valence-electron chi connectivity index (χ0n) is 22.1. The van der Waals surface area contributed by atoms with Crippen LogP contribution in [0, 0.1) is 6.92 Å². The van der Waals surface area contributed by atoms with E-state index in [0.29, 0.717) is 0 Å². The van der Waals surface area contributed by atoms with Gasteiger partial charge in [0.15, 0.2) is 0 Å². The first-order chi connectivity index (χ1) is 13.9. The molecule has 0 amide bonds. The first kappa shape index (κ1) is 32.8. The molecule has 0 N–H and O–H groups in total. The molecule has 3 rings (SSSR count). The molecule has 3 heterocycles. The summed E-state index contributed by atoms with van der Waals surface area (Å²) in [5.41, 5.74) is 5.65. The summed E-state index contributed by atoms with van der Waals surface area (Å²) in [5.74, 6) is 0. The van der Waals surface area contributed by atoms with E-state index in [4.69, 9.17) is 0 Å². The predicted molar refractivity (Wildman–Crippen MR) is 144 cm³/mol. The molecule has 0 saturated carbocycles. The van der Waals surface area contributed by atoms with E-state index < -0.39 is 0 Å². The number of rotatable bonds is 0. The maximum Gasteiger partial charge on any atom is 0.0677 e. The molecule has 6 nitrogen and oxygen atoms in total. The van der Waals surface area contributed by atoms with Crippen LogP contribution in [-0.4, -0.2) is 29.3 Å². The van der Waals surface area contributed by atoms with Gasteiger partial charge < -0.3 is 0 Å². The average Bonchev–Trinajstić information content (AvgIpc) is 3.27. The third-order valence-electron chi connectivity index (χ3n) is 4.89. The highest BCUT2D eigenvalue weighted by molar-refractivity contribution is 5.22. The second-order valence-corrected chi connectivity index (χ2v) is 11.3. The lowest BCUT2D eigenvalue weighted by Gasteiger charge is -2.19. The summed E-state index contributed by atoms with van der Waals surface area (Å²) in [6.07, 6.45) is 7.86. The summed E-state index contributed by atoms with van der Waals surface area (Å²) in [6, 6.07) is 2.06. The van der Waals surface area contributed by atoms with Crippen molar-refractivity contribution in [3.8, 4) is 0 Å². The number of nitrogens with zero attached hydrogens (tertiary/aromatic N) is 6. The van der Waals surface area contributed by atoms with E-state index in [0.717, 1.165) is 5.69 Å². The van der Waals surface area contributed by atoms with Crippen LogP contribution in [0.4, 0.5) is 0 Å². The van der Waals surface area contributed by atoms with E-state index in [1.807, 2.05) is 53.8 Å². The number of hydrogen-bond donors (Lipinski definition) is 0. The minimum Gasteiger partial charge on any atom is -0.276 e. The van der Waals surface area contributed by atoms with Crippen LogP contribution in [0.1, 0.15) is 99.7 Å². The molecule has 33 heavy (non-hydrogen) atoms. The quantitative estimate of drug-likeness (QED) is 0.373. The van der Waals surface area contributed by atoms with Gasteiger partial charge in [0.25, 0.3) is 0 Å².